The number of rotatable bonds is 7. The quantitative estimate of drug-likeness (QED) is 0.598. The summed E-state index contributed by atoms with van der Waals surface area (Å²) in [5.74, 6) is -2.25. The zero-order chi connectivity index (χ0) is 15.9. The van der Waals surface area contributed by atoms with E-state index in [-0.39, 0.29) is 6.54 Å². The van der Waals surface area contributed by atoms with E-state index in [1.165, 1.54) is 0 Å². The van der Waals surface area contributed by atoms with Crippen molar-refractivity contribution in [2.45, 2.75) is 19.8 Å². The lowest BCUT2D eigenvalue weighted by atomic mass is 10.3. The molecule has 1 heterocycles. The normalized spacial score (nSPS) is 11.5. The molecule has 2 N–H and O–H groups in total. The van der Waals surface area contributed by atoms with Crippen molar-refractivity contribution in [2.24, 2.45) is 0 Å². The van der Waals surface area contributed by atoms with Crippen molar-refractivity contribution in [1.82, 2.24) is 10.3 Å². The van der Waals surface area contributed by atoms with Crippen molar-refractivity contribution >= 4 is 11.7 Å². The van der Waals surface area contributed by atoms with Crippen LogP contribution in [0.1, 0.15) is 12.6 Å². The topological polar surface area (TPSA) is 63.2 Å². The molecule has 0 radical (unpaired) electrons. The fourth-order valence-electron chi connectivity index (χ4n) is 1.50. The van der Waals surface area contributed by atoms with Crippen molar-refractivity contribution in [2.75, 3.05) is 25.5 Å². The summed E-state index contributed by atoms with van der Waals surface area (Å²) >= 11 is 0. The maximum Gasteiger partial charge on any atom is 0.264 e. The molecular weight excluding hydrogens is 280 g/mol. The van der Waals surface area contributed by atoms with E-state index in [1.807, 2.05) is 6.92 Å². The molecule has 0 aliphatic rings. The van der Waals surface area contributed by atoms with Gasteiger partial charge in [-0.3, -0.25) is 4.79 Å². The number of anilines is 1. The lowest BCUT2D eigenvalue weighted by Crippen LogP contribution is -2.27. The number of aryl methyl sites for hydroxylation is 1. The number of ether oxygens (including phenoxy) is 1. The van der Waals surface area contributed by atoms with Gasteiger partial charge in [-0.1, -0.05) is 0 Å². The molecule has 0 fully saturated rings. The third-order valence-corrected chi connectivity index (χ3v) is 2.42. The van der Waals surface area contributed by atoms with Crippen LogP contribution in [0.4, 0.5) is 14.6 Å². The van der Waals surface area contributed by atoms with Gasteiger partial charge in [0.25, 0.3) is 5.92 Å². The van der Waals surface area contributed by atoms with Gasteiger partial charge in [0.05, 0.1) is 7.11 Å². The van der Waals surface area contributed by atoms with Crippen LogP contribution in [0.2, 0.25) is 0 Å². The van der Waals surface area contributed by atoms with Gasteiger partial charge in [-0.2, -0.15) is 0 Å². The fourth-order valence-corrected chi connectivity index (χ4v) is 1.50. The van der Waals surface area contributed by atoms with E-state index >= 15 is 0 Å². The van der Waals surface area contributed by atoms with Gasteiger partial charge in [-0.15, -0.1) is 0 Å². The van der Waals surface area contributed by atoms with E-state index in [2.05, 4.69) is 15.6 Å². The minimum Gasteiger partial charge on any atom is -0.497 e. The first-order valence-electron chi connectivity index (χ1n) is 6.41. The van der Waals surface area contributed by atoms with Gasteiger partial charge in [0.2, 0.25) is 5.91 Å². The SMILES string of the molecule is COc1cc(C)nc(NCCNC(=O)C=CC(C)(F)F)c1. The molecule has 0 spiro atoms. The number of nitrogens with zero attached hydrogens (tertiary/aromatic N) is 1. The predicted octanol–water partition coefficient (Wildman–Crippen LogP) is 2.14. The number of allylic oxidation sites excluding steroid dienone is 1. The van der Waals surface area contributed by atoms with E-state index < -0.39 is 11.8 Å². The van der Waals surface area contributed by atoms with Crippen LogP contribution in [0.5, 0.6) is 5.75 Å². The molecule has 0 saturated heterocycles. The predicted molar refractivity (Wildman–Crippen MR) is 76.8 cm³/mol. The van der Waals surface area contributed by atoms with Gasteiger partial charge in [0.15, 0.2) is 0 Å². The number of methoxy groups -OCH3 is 1. The Morgan fingerprint density at radius 3 is 2.76 bits per heavy atom. The number of hydrogen-bond acceptors (Lipinski definition) is 4. The van der Waals surface area contributed by atoms with E-state index in [1.54, 1.807) is 19.2 Å². The third-order valence-electron chi connectivity index (χ3n) is 2.42. The molecule has 21 heavy (non-hydrogen) atoms. The highest BCUT2D eigenvalue weighted by molar-refractivity contribution is 5.87. The molecule has 0 aromatic carbocycles. The molecule has 1 amide bonds. The first-order chi connectivity index (χ1) is 9.80. The van der Waals surface area contributed by atoms with E-state index in [9.17, 15) is 13.6 Å². The van der Waals surface area contributed by atoms with Crippen LogP contribution in [0.15, 0.2) is 24.3 Å². The van der Waals surface area contributed by atoms with Gasteiger partial charge in [0.1, 0.15) is 11.6 Å². The van der Waals surface area contributed by atoms with Gasteiger partial charge in [-0.25, -0.2) is 13.8 Å². The number of amides is 1. The van der Waals surface area contributed by atoms with Gasteiger partial charge >= 0.3 is 0 Å². The Hall–Kier alpha value is -2.18. The Kier molecular flexibility index (Phi) is 6.08. The van der Waals surface area contributed by atoms with Crippen LogP contribution in [-0.2, 0) is 4.79 Å². The summed E-state index contributed by atoms with van der Waals surface area (Å²) in [7, 11) is 1.56. The van der Waals surface area contributed by atoms with Crippen molar-refractivity contribution < 1.29 is 18.3 Å². The third kappa shape index (κ3) is 7.24. The standard InChI is InChI=1S/C14H19F2N3O2/c1-10-8-11(21-3)9-12(19-10)17-6-7-18-13(20)4-5-14(2,15)16/h4-5,8-9H,6-7H2,1-3H3,(H,17,19)(H,18,20). The van der Waals surface area contributed by atoms with Gasteiger partial charge in [0, 0.05) is 43.9 Å². The van der Waals surface area contributed by atoms with Crippen molar-refractivity contribution in [1.29, 1.82) is 0 Å². The summed E-state index contributed by atoms with van der Waals surface area (Å²) in [6, 6.07) is 3.52. The van der Waals surface area contributed by atoms with Crippen LogP contribution in [0, 0.1) is 6.92 Å². The molecule has 1 rings (SSSR count). The van der Waals surface area contributed by atoms with Crippen molar-refractivity contribution in [3.8, 4) is 5.75 Å². The second-order valence-electron chi connectivity index (χ2n) is 4.54. The van der Waals surface area contributed by atoms with E-state index in [4.69, 9.17) is 4.74 Å². The number of hydrogen-bond donors (Lipinski definition) is 2. The average Bonchev–Trinajstić information content (AvgIpc) is 2.40. The molecule has 1 aromatic heterocycles. The molecule has 116 valence electrons. The minimum absolute atomic E-state index is 0.288. The van der Waals surface area contributed by atoms with Crippen molar-refractivity contribution in [3.05, 3.63) is 30.0 Å². The Balaban J connectivity index is 2.36. The maximum atomic E-state index is 12.5. The number of alkyl halides is 2. The Morgan fingerprint density at radius 2 is 2.14 bits per heavy atom. The highest BCUT2D eigenvalue weighted by Crippen LogP contribution is 2.16. The van der Waals surface area contributed by atoms with Gasteiger partial charge in [-0.05, 0) is 13.0 Å². The monoisotopic (exact) mass is 299 g/mol. The van der Waals surface area contributed by atoms with Gasteiger partial charge < -0.3 is 15.4 Å². The summed E-state index contributed by atoms with van der Waals surface area (Å²) in [5, 5.41) is 5.50. The highest BCUT2D eigenvalue weighted by atomic mass is 19.3. The smallest absolute Gasteiger partial charge is 0.264 e. The molecule has 0 saturated carbocycles. The van der Waals surface area contributed by atoms with Crippen LogP contribution in [0.25, 0.3) is 0 Å². The number of carbonyl (C=O) groups excluding carboxylic acids is 1. The fraction of sp³-hybridized carbons (Fsp3) is 0.429. The number of nitrogens with one attached hydrogen (secondary N) is 2. The molecule has 0 atom stereocenters. The van der Waals surface area contributed by atoms with E-state index in [0.717, 1.165) is 18.7 Å². The molecule has 0 aliphatic heterocycles. The first-order valence-corrected chi connectivity index (χ1v) is 6.41. The molecule has 7 heteroatoms. The van der Waals surface area contributed by atoms with Crippen LogP contribution in [-0.4, -0.2) is 37.0 Å². The summed E-state index contributed by atoms with van der Waals surface area (Å²) in [6.45, 7) is 3.26. The van der Waals surface area contributed by atoms with Crippen molar-refractivity contribution in [3.63, 3.8) is 0 Å². The van der Waals surface area contributed by atoms with E-state index in [0.29, 0.717) is 24.2 Å². The van der Waals surface area contributed by atoms with Crippen LogP contribution in [0.3, 0.4) is 0 Å². The minimum atomic E-state index is -2.99. The molecule has 0 bridgehead atoms. The second-order valence-corrected chi connectivity index (χ2v) is 4.54. The average molecular weight is 299 g/mol. The summed E-state index contributed by atoms with van der Waals surface area (Å²) < 4.78 is 30.1. The lowest BCUT2D eigenvalue weighted by Gasteiger charge is -2.09. The molecule has 5 nitrogen and oxygen atoms in total. The maximum absolute atomic E-state index is 12.5. The largest absolute Gasteiger partial charge is 0.497 e. The summed E-state index contributed by atoms with van der Waals surface area (Å²) in [4.78, 5) is 15.5. The molecule has 1 aromatic rings. The number of aromatic nitrogens is 1. The second kappa shape index (κ2) is 7.56. The summed E-state index contributed by atoms with van der Waals surface area (Å²) in [6.07, 6.45) is 1.39. The number of pyridine rings is 1. The number of carbonyl (C=O) groups is 1. The highest BCUT2D eigenvalue weighted by Gasteiger charge is 2.15. The number of halogens is 2. The first kappa shape index (κ1) is 16.9. The molecule has 0 unspecified atom stereocenters. The zero-order valence-corrected chi connectivity index (χ0v) is 12.2. The molecular formula is C14H19F2N3O2. The van der Waals surface area contributed by atoms with Crippen LogP contribution >= 0.6 is 0 Å². The Bertz CT molecular complexity index is 513. The zero-order valence-electron chi connectivity index (χ0n) is 12.2. The lowest BCUT2D eigenvalue weighted by molar-refractivity contribution is -0.116. The Labute approximate surface area is 122 Å². The Morgan fingerprint density at radius 1 is 1.43 bits per heavy atom. The summed E-state index contributed by atoms with van der Waals surface area (Å²) in [5.41, 5.74) is 0.800. The molecule has 0 aliphatic carbocycles. The van der Waals surface area contributed by atoms with Crippen LogP contribution < -0.4 is 15.4 Å².